The third-order valence-corrected chi connectivity index (χ3v) is 11.9. The number of pyridine rings is 1. The number of benzene rings is 4. The standard InChI is InChI=1S/C45H48N4O7/c50-38-16-14-36(37-15-17-41(52)47-42(37)38)39(51)27-46-26-30-6-8-31(9-7-30)29-55-35-12-10-33(11-13-35)43(53)49-24-20-45(21-25-49,34-4-2-1-3-5-34)44(54)56-40-28-48-22-18-32(40)19-23-48/h1-17,32,39-40,46,50-51H,18-29H2,(H,47,52)/t39-,40+/m0/s1. The number of carbonyl (C=O) groups excluding carboxylic acids is 2. The van der Waals surface area contributed by atoms with E-state index in [0.29, 0.717) is 72.8 Å². The molecule has 1 aromatic heterocycles. The molecule has 11 heteroatoms. The molecule has 4 aliphatic rings. The summed E-state index contributed by atoms with van der Waals surface area (Å²) in [7, 11) is 0. The lowest BCUT2D eigenvalue weighted by Gasteiger charge is -2.46. The van der Waals surface area contributed by atoms with Crippen LogP contribution in [-0.2, 0) is 28.1 Å². The second-order valence-electron chi connectivity index (χ2n) is 15.4. The second kappa shape index (κ2) is 16.3. The number of rotatable bonds is 12. The Morgan fingerprint density at radius 3 is 2.27 bits per heavy atom. The van der Waals surface area contributed by atoms with Crippen molar-refractivity contribution in [1.29, 1.82) is 0 Å². The lowest BCUT2D eigenvalue weighted by Crippen LogP contribution is -2.55. The van der Waals surface area contributed by atoms with E-state index in [0.717, 1.165) is 49.2 Å². The molecule has 5 heterocycles. The first kappa shape index (κ1) is 37.4. The maximum atomic E-state index is 14.0. The number of nitrogens with zero attached hydrogens (tertiary/aromatic N) is 2. The molecule has 11 nitrogen and oxygen atoms in total. The van der Waals surface area contributed by atoms with Crippen LogP contribution in [0.15, 0.2) is 108 Å². The number of aromatic nitrogens is 1. The molecular formula is C45H48N4O7. The van der Waals surface area contributed by atoms with Crippen LogP contribution in [0.25, 0.3) is 10.9 Å². The smallest absolute Gasteiger partial charge is 0.317 e. The first-order chi connectivity index (χ1) is 27.3. The van der Waals surface area contributed by atoms with Gasteiger partial charge in [0.1, 0.15) is 24.2 Å². The number of aromatic amines is 1. The molecule has 0 aliphatic carbocycles. The van der Waals surface area contributed by atoms with Crippen molar-refractivity contribution < 1.29 is 29.3 Å². The average molecular weight is 757 g/mol. The molecule has 4 N–H and O–H groups in total. The summed E-state index contributed by atoms with van der Waals surface area (Å²) >= 11 is 0. The number of nitrogens with one attached hydrogen (secondary N) is 2. The number of H-pyrrole nitrogens is 1. The molecular weight excluding hydrogens is 709 g/mol. The number of phenolic OH excluding ortho intramolecular Hbond substituents is 1. The maximum Gasteiger partial charge on any atom is 0.317 e. The minimum Gasteiger partial charge on any atom is -0.506 e. The first-order valence-electron chi connectivity index (χ1n) is 19.6. The van der Waals surface area contributed by atoms with Crippen molar-refractivity contribution in [2.24, 2.45) is 5.92 Å². The zero-order chi connectivity index (χ0) is 38.6. The molecule has 4 aliphatic heterocycles. The minimum atomic E-state index is -0.840. The van der Waals surface area contributed by atoms with Crippen LogP contribution in [0.4, 0.5) is 0 Å². The molecule has 1 amide bonds. The van der Waals surface area contributed by atoms with Gasteiger partial charge in [-0.05, 0) is 103 Å². The highest BCUT2D eigenvalue weighted by Gasteiger charge is 2.47. The zero-order valence-corrected chi connectivity index (χ0v) is 31.4. The third-order valence-electron chi connectivity index (χ3n) is 11.9. The number of fused-ring (bicyclic) bond motifs is 4. The second-order valence-corrected chi connectivity index (χ2v) is 15.4. The van der Waals surface area contributed by atoms with Gasteiger partial charge in [-0.15, -0.1) is 0 Å². The summed E-state index contributed by atoms with van der Waals surface area (Å²) < 4.78 is 12.3. The molecule has 56 heavy (non-hydrogen) atoms. The number of piperidine rings is 4. The van der Waals surface area contributed by atoms with Crippen LogP contribution >= 0.6 is 0 Å². The van der Waals surface area contributed by atoms with E-state index in [9.17, 15) is 24.6 Å². The molecule has 0 saturated carbocycles. The van der Waals surface area contributed by atoms with E-state index >= 15 is 0 Å². The maximum absolute atomic E-state index is 14.0. The van der Waals surface area contributed by atoms with Crippen LogP contribution in [0, 0.1) is 5.92 Å². The van der Waals surface area contributed by atoms with Crippen LogP contribution in [0.3, 0.4) is 0 Å². The predicted octanol–water partition coefficient (Wildman–Crippen LogP) is 5.45. The number of amides is 1. The van der Waals surface area contributed by atoms with Crippen molar-refractivity contribution in [3.63, 3.8) is 0 Å². The molecule has 4 saturated heterocycles. The summed E-state index contributed by atoms with van der Waals surface area (Å²) in [6, 6.07) is 31.3. The number of hydrogen-bond acceptors (Lipinski definition) is 9. The molecule has 290 valence electrons. The number of aliphatic hydroxyl groups excluding tert-OH is 1. The topological polar surface area (TPSA) is 144 Å². The van der Waals surface area contributed by atoms with Crippen molar-refractivity contribution in [2.45, 2.75) is 56.5 Å². The highest BCUT2D eigenvalue weighted by molar-refractivity contribution is 5.95. The minimum absolute atomic E-state index is 0.0437. The molecule has 0 radical (unpaired) electrons. The Hall–Kier alpha value is -5.49. The monoisotopic (exact) mass is 756 g/mol. The van der Waals surface area contributed by atoms with Crippen molar-refractivity contribution in [1.82, 2.24) is 20.1 Å². The van der Waals surface area contributed by atoms with E-state index in [1.807, 2.05) is 71.6 Å². The lowest BCUT2D eigenvalue weighted by atomic mass is 9.72. The van der Waals surface area contributed by atoms with E-state index in [4.69, 9.17) is 9.47 Å². The highest BCUT2D eigenvalue weighted by Crippen LogP contribution is 2.39. The Morgan fingerprint density at radius 1 is 0.857 bits per heavy atom. The molecule has 0 spiro atoms. The van der Waals surface area contributed by atoms with Crippen LogP contribution in [0.1, 0.15) is 64.4 Å². The van der Waals surface area contributed by atoms with Crippen LogP contribution in [-0.4, -0.2) is 82.2 Å². The lowest BCUT2D eigenvalue weighted by molar-refractivity contribution is -0.167. The number of likely N-dealkylation sites (tertiary alicyclic amines) is 1. The molecule has 2 atom stereocenters. The number of ether oxygens (including phenoxy) is 2. The van der Waals surface area contributed by atoms with Gasteiger partial charge in [-0.2, -0.15) is 0 Å². The van der Waals surface area contributed by atoms with Gasteiger partial charge in [0.05, 0.1) is 17.0 Å². The predicted molar refractivity (Wildman–Crippen MR) is 212 cm³/mol. The Morgan fingerprint density at radius 2 is 1.57 bits per heavy atom. The van der Waals surface area contributed by atoms with Gasteiger partial charge in [0, 0.05) is 49.7 Å². The molecule has 9 rings (SSSR count). The van der Waals surface area contributed by atoms with Gasteiger partial charge in [0.2, 0.25) is 5.56 Å². The summed E-state index contributed by atoms with van der Waals surface area (Å²) in [5, 5.41) is 24.8. The van der Waals surface area contributed by atoms with Crippen molar-refractivity contribution >= 4 is 22.8 Å². The number of carbonyl (C=O) groups is 2. The summed E-state index contributed by atoms with van der Waals surface area (Å²) in [6.45, 7) is 5.10. The van der Waals surface area contributed by atoms with Crippen LogP contribution in [0.2, 0.25) is 0 Å². The zero-order valence-electron chi connectivity index (χ0n) is 31.4. The number of phenols is 1. The van der Waals surface area contributed by atoms with Crippen molar-refractivity contribution in [3.05, 3.63) is 141 Å². The van der Waals surface area contributed by atoms with Gasteiger partial charge in [-0.25, -0.2) is 0 Å². The molecule has 2 bridgehead atoms. The fourth-order valence-electron chi connectivity index (χ4n) is 8.56. The van der Waals surface area contributed by atoms with Gasteiger partial charge in [-0.1, -0.05) is 60.7 Å². The average Bonchev–Trinajstić information content (AvgIpc) is 3.24. The van der Waals surface area contributed by atoms with E-state index < -0.39 is 11.5 Å². The summed E-state index contributed by atoms with van der Waals surface area (Å²) in [5.74, 6) is 0.832. The van der Waals surface area contributed by atoms with Crippen molar-refractivity contribution in [3.8, 4) is 11.5 Å². The Balaban J connectivity index is 0.815. The normalized spacial score (nSPS) is 20.7. The number of aliphatic hydroxyl groups is 1. The molecule has 5 aromatic rings. The van der Waals surface area contributed by atoms with Gasteiger partial charge in [0.25, 0.3) is 5.91 Å². The fourth-order valence-corrected chi connectivity index (χ4v) is 8.56. The van der Waals surface area contributed by atoms with E-state index in [1.165, 1.54) is 12.1 Å². The molecule has 4 fully saturated rings. The van der Waals surface area contributed by atoms with Gasteiger partial charge in [0.15, 0.2) is 0 Å². The van der Waals surface area contributed by atoms with Crippen molar-refractivity contribution in [2.75, 3.05) is 39.3 Å². The summed E-state index contributed by atoms with van der Waals surface area (Å²) in [4.78, 5) is 46.2. The van der Waals surface area contributed by atoms with E-state index in [2.05, 4.69) is 15.2 Å². The van der Waals surface area contributed by atoms with Gasteiger partial charge >= 0.3 is 5.97 Å². The SMILES string of the molecule is O=C(c1ccc(OCc2ccc(CNC[C@H](O)c3ccc(O)c4[nH]c(=O)ccc34)cc2)cc1)N1CCC(C(=O)O[C@@H]2CN3CCC2CC3)(c2ccccc2)CC1. The number of esters is 1. The Kier molecular flexibility index (Phi) is 10.9. The largest absolute Gasteiger partial charge is 0.506 e. The van der Waals surface area contributed by atoms with E-state index in [-0.39, 0.29) is 35.8 Å². The summed E-state index contributed by atoms with van der Waals surface area (Å²) in [5.41, 5.74) is 3.39. The Labute approximate surface area is 325 Å². The number of hydrogen-bond donors (Lipinski definition) is 4. The van der Waals surface area contributed by atoms with Crippen LogP contribution < -0.4 is 15.6 Å². The van der Waals surface area contributed by atoms with Gasteiger partial charge < -0.3 is 34.9 Å². The Bertz CT molecular complexity index is 2210. The fraction of sp³-hybridized carbons (Fsp3) is 0.356. The molecule has 4 aromatic carbocycles. The molecule has 0 unspecified atom stereocenters. The highest BCUT2D eigenvalue weighted by atomic mass is 16.5. The quantitative estimate of drug-likeness (QED) is 0.122. The first-order valence-corrected chi connectivity index (χ1v) is 19.6. The van der Waals surface area contributed by atoms with E-state index in [1.54, 1.807) is 24.3 Å². The third kappa shape index (κ3) is 7.93. The summed E-state index contributed by atoms with van der Waals surface area (Å²) in [6.07, 6.45) is 2.29. The number of aromatic hydroxyl groups is 1. The van der Waals surface area contributed by atoms with Crippen LogP contribution in [0.5, 0.6) is 11.5 Å². The van der Waals surface area contributed by atoms with Gasteiger partial charge in [-0.3, -0.25) is 19.3 Å².